The fraction of sp³-hybridized carbons (Fsp3) is 0.537. The van der Waals surface area contributed by atoms with Crippen molar-refractivity contribution in [1.82, 2.24) is 0 Å². The fourth-order valence-corrected chi connectivity index (χ4v) is 6.23. The molecule has 0 aliphatic carbocycles. The van der Waals surface area contributed by atoms with Crippen LogP contribution >= 0.6 is 0 Å². The third-order valence-electron chi connectivity index (χ3n) is 8.98. The van der Waals surface area contributed by atoms with E-state index in [1.165, 1.54) is 18.3 Å². The van der Waals surface area contributed by atoms with Crippen LogP contribution in [0.4, 0.5) is 4.39 Å². The first-order chi connectivity index (χ1) is 21.4. The second-order valence-electron chi connectivity index (χ2n) is 16.9. The van der Waals surface area contributed by atoms with E-state index in [4.69, 9.17) is 14.5 Å². The molecular weight excluding hydrogens is 589 g/mol. The van der Waals surface area contributed by atoms with Gasteiger partial charge in [-0.15, -0.1) is 0 Å². The summed E-state index contributed by atoms with van der Waals surface area (Å²) in [5.41, 5.74) is 2.62. The molecule has 0 aromatic heterocycles. The maximum absolute atomic E-state index is 14.3. The number of hydrogen-bond donors (Lipinski definition) is 2. The van der Waals surface area contributed by atoms with Gasteiger partial charge in [0.05, 0.1) is 20.3 Å². The molecule has 3 aromatic carbocycles. The van der Waals surface area contributed by atoms with E-state index >= 15 is 0 Å². The van der Waals surface area contributed by atoms with E-state index in [1.54, 1.807) is 20.3 Å². The SMILES string of the molecule is CCC(N=Cc1cccc(F)c1O)C(O)(c1cc(C(C)(C)C)c(OC)c(C(C)(C)C)c1)c1cc(C(C)(C)C)c(OC)c(C(C)(C)C)c1. The minimum absolute atomic E-state index is 0.242. The van der Waals surface area contributed by atoms with E-state index < -0.39 is 23.2 Å². The first-order valence-corrected chi connectivity index (χ1v) is 16.6. The molecule has 6 heteroatoms. The summed E-state index contributed by atoms with van der Waals surface area (Å²) in [6.07, 6.45) is 1.92. The zero-order valence-electron chi connectivity index (χ0n) is 31.4. The summed E-state index contributed by atoms with van der Waals surface area (Å²) in [5, 5.41) is 24.1. The quantitative estimate of drug-likeness (QED) is 0.239. The number of para-hydroxylation sites is 1. The Kier molecular flexibility index (Phi) is 10.7. The van der Waals surface area contributed by atoms with Gasteiger partial charge in [-0.2, -0.15) is 0 Å². The first kappa shape index (κ1) is 38.1. The zero-order valence-corrected chi connectivity index (χ0v) is 31.4. The van der Waals surface area contributed by atoms with Gasteiger partial charge in [0.2, 0.25) is 0 Å². The lowest BCUT2D eigenvalue weighted by Gasteiger charge is -2.40. The second-order valence-corrected chi connectivity index (χ2v) is 16.9. The molecule has 0 saturated carbocycles. The molecule has 0 spiro atoms. The minimum atomic E-state index is -1.65. The van der Waals surface area contributed by atoms with Gasteiger partial charge in [-0.1, -0.05) is 96.1 Å². The number of aliphatic hydroxyl groups is 1. The third kappa shape index (κ3) is 7.69. The molecule has 3 rings (SSSR count). The van der Waals surface area contributed by atoms with Gasteiger partial charge in [-0.3, -0.25) is 4.99 Å². The van der Waals surface area contributed by atoms with Gasteiger partial charge >= 0.3 is 0 Å². The molecule has 0 radical (unpaired) electrons. The molecule has 1 unspecified atom stereocenters. The largest absolute Gasteiger partial charge is 0.504 e. The molecule has 0 bridgehead atoms. The topological polar surface area (TPSA) is 71.3 Å². The number of aromatic hydroxyl groups is 1. The highest BCUT2D eigenvalue weighted by Gasteiger charge is 2.44. The van der Waals surface area contributed by atoms with Crippen LogP contribution in [-0.2, 0) is 27.3 Å². The van der Waals surface area contributed by atoms with Gasteiger partial charge in [0.25, 0.3) is 0 Å². The summed E-state index contributed by atoms with van der Waals surface area (Å²) in [7, 11) is 3.40. The number of phenolic OH excluding ortho intramolecular Hbond substituents is 1. The Labute approximate surface area is 283 Å². The monoisotopic (exact) mass is 647 g/mol. The molecule has 0 aliphatic heterocycles. The number of halogens is 1. The van der Waals surface area contributed by atoms with Crippen molar-refractivity contribution in [1.29, 1.82) is 0 Å². The Morgan fingerprint density at radius 2 is 1.06 bits per heavy atom. The highest BCUT2D eigenvalue weighted by molar-refractivity contribution is 5.83. The van der Waals surface area contributed by atoms with Crippen molar-refractivity contribution in [2.75, 3.05) is 14.2 Å². The summed E-state index contributed by atoms with van der Waals surface area (Å²) in [6.45, 7) is 27.7. The van der Waals surface area contributed by atoms with Crippen LogP contribution in [0.15, 0.2) is 47.5 Å². The molecule has 2 N–H and O–H groups in total. The highest BCUT2D eigenvalue weighted by atomic mass is 19.1. The molecule has 3 aromatic rings. The van der Waals surface area contributed by atoms with Gasteiger partial charge in [-0.05, 0) is 75.6 Å². The molecule has 0 fully saturated rings. The third-order valence-corrected chi connectivity index (χ3v) is 8.98. The number of hydrogen-bond acceptors (Lipinski definition) is 5. The fourth-order valence-electron chi connectivity index (χ4n) is 6.23. The highest BCUT2D eigenvalue weighted by Crippen LogP contribution is 2.49. The lowest BCUT2D eigenvalue weighted by atomic mass is 9.70. The normalized spacial score (nSPS) is 14.1. The summed E-state index contributed by atoms with van der Waals surface area (Å²) < 4.78 is 26.5. The van der Waals surface area contributed by atoms with Crippen LogP contribution in [0.1, 0.15) is 135 Å². The molecule has 0 saturated heterocycles. The number of ether oxygens (including phenoxy) is 2. The summed E-state index contributed by atoms with van der Waals surface area (Å²) in [5.74, 6) is 0.408. The van der Waals surface area contributed by atoms with Gasteiger partial charge in [-0.25, -0.2) is 4.39 Å². The average Bonchev–Trinajstić information content (AvgIpc) is 2.95. The van der Waals surface area contributed by atoms with E-state index in [9.17, 15) is 14.6 Å². The molecule has 258 valence electrons. The molecule has 1 atom stereocenters. The van der Waals surface area contributed by atoms with Crippen molar-refractivity contribution in [2.45, 2.75) is 130 Å². The van der Waals surface area contributed by atoms with Gasteiger partial charge < -0.3 is 19.7 Å². The standard InChI is InChI=1S/C41H58FNO4/c1-16-33(43-24-25-18-17-19-32(42)34(25)44)41(45,26-20-28(37(2,3)4)35(46-14)29(21-26)38(5,6)7)27-22-30(39(8,9)10)36(47-15)31(23-27)40(11,12)13/h17-24,33,44-45H,16H2,1-15H3. The van der Waals surface area contributed by atoms with Gasteiger partial charge in [0.15, 0.2) is 11.6 Å². The number of nitrogens with zero attached hydrogens (tertiary/aromatic N) is 1. The molecular formula is C41H58FNO4. The number of methoxy groups -OCH3 is 2. The van der Waals surface area contributed by atoms with Crippen LogP contribution in [0.3, 0.4) is 0 Å². The van der Waals surface area contributed by atoms with Crippen LogP contribution in [0.2, 0.25) is 0 Å². The lowest BCUT2D eigenvalue weighted by Crippen LogP contribution is -2.41. The van der Waals surface area contributed by atoms with Crippen LogP contribution in [0.5, 0.6) is 17.2 Å². The number of aliphatic imine (C=N–C) groups is 1. The average molecular weight is 648 g/mol. The Morgan fingerprint density at radius 3 is 1.36 bits per heavy atom. The van der Waals surface area contributed by atoms with Crippen LogP contribution in [0.25, 0.3) is 0 Å². The van der Waals surface area contributed by atoms with E-state index in [0.717, 1.165) is 33.8 Å². The van der Waals surface area contributed by atoms with E-state index in [0.29, 0.717) is 17.5 Å². The zero-order chi connectivity index (χ0) is 35.9. The Morgan fingerprint density at radius 1 is 0.702 bits per heavy atom. The maximum atomic E-state index is 14.3. The van der Waals surface area contributed by atoms with Crippen LogP contribution in [-0.4, -0.2) is 36.7 Å². The van der Waals surface area contributed by atoms with E-state index in [-0.39, 0.29) is 27.2 Å². The molecule has 0 aliphatic rings. The van der Waals surface area contributed by atoms with Crippen LogP contribution < -0.4 is 9.47 Å². The molecule has 0 amide bonds. The predicted molar refractivity (Wildman–Crippen MR) is 194 cm³/mol. The van der Waals surface area contributed by atoms with E-state index in [1.807, 2.05) is 6.92 Å². The van der Waals surface area contributed by atoms with Crippen molar-refractivity contribution in [3.8, 4) is 17.2 Å². The number of phenols is 1. The predicted octanol–water partition coefficient (Wildman–Crippen LogP) is 9.87. The summed E-state index contributed by atoms with van der Waals surface area (Å²) in [4.78, 5) is 4.93. The Bertz CT molecular complexity index is 1460. The lowest BCUT2D eigenvalue weighted by molar-refractivity contribution is 0.0507. The summed E-state index contributed by atoms with van der Waals surface area (Å²) >= 11 is 0. The molecule has 47 heavy (non-hydrogen) atoms. The Balaban J connectivity index is 2.62. The Hall–Kier alpha value is -3.38. The van der Waals surface area contributed by atoms with Crippen molar-refractivity contribution in [3.05, 3.63) is 87.2 Å². The van der Waals surface area contributed by atoms with Crippen molar-refractivity contribution >= 4 is 6.21 Å². The van der Waals surface area contributed by atoms with Crippen molar-refractivity contribution in [2.24, 2.45) is 4.99 Å². The first-order valence-electron chi connectivity index (χ1n) is 16.6. The smallest absolute Gasteiger partial charge is 0.165 e. The second kappa shape index (κ2) is 13.3. The number of benzene rings is 3. The van der Waals surface area contributed by atoms with E-state index in [2.05, 4.69) is 107 Å². The van der Waals surface area contributed by atoms with Gasteiger partial charge in [0.1, 0.15) is 17.1 Å². The maximum Gasteiger partial charge on any atom is 0.165 e. The summed E-state index contributed by atoms with van der Waals surface area (Å²) in [6, 6.07) is 11.9. The number of rotatable bonds is 8. The van der Waals surface area contributed by atoms with Gasteiger partial charge in [0, 0.05) is 34.0 Å². The molecule has 0 heterocycles. The minimum Gasteiger partial charge on any atom is -0.504 e. The van der Waals surface area contributed by atoms with Crippen molar-refractivity contribution < 1.29 is 24.1 Å². The van der Waals surface area contributed by atoms with Crippen molar-refractivity contribution in [3.63, 3.8) is 0 Å². The van der Waals surface area contributed by atoms with Crippen LogP contribution in [0, 0.1) is 5.82 Å². The molecule has 5 nitrogen and oxygen atoms in total.